The molecule has 1 N–H and O–H groups in total. The van der Waals surface area contributed by atoms with E-state index in [0.29, 0.717) is 15.7 Å². The van der Waals surface area contributed by atoms with Crippen LogP contribution in [-0.4, -0.2) is 29.3 Å². The number of carbonyl (C=O) groups excluding carboxylic acids is 3. The lowest BCUT2D eigenvalue weighted by Gasteiger charge is -2.09. The fourth-order valence-electron chi connectivity index (χ4n) is 2.29. The van der Waals surface area contributed by atoms with Gasteiger partial charge in [0.15, 0.2) is 17.5 Å². The molecule has 0 atom stereocenters. The lowest BCUT2D eigenvalue weighted by Crippen LogP contribution is -2.22. The quantitative estimate of drug-likeness (QED) is 0.413. The van der Waals surface area contributed by atoms with Gasteiger partial charge in [0.1, 0.15) is 0 Å². The Bertz CT molecular complexity index is 1040. The van der Waals surface area contributed by atoms with E-state index < -0.39 is 18.5 Å². The summed E-state index contributed by atoms with van der Waals surface area (Å²) in [6, 6.07) is 12.6. The number of benzene rings is 2. The van der Waals surface area contributed by atoms with Crippen molar-refractivity contribution < 1.29 is 19.1 Å². The normalized spacial score (nSPS) is 10.4. The molecule has 0 aliphatic carbocycles. The van der Waals surface area contributed by atoms with Crippen molar-refractivity contribution in [3.8, 4) is 0 Å². The Kier molecular flexibility index (Phi) is 6.56. The van der Waals surface area contributed by atoms with Crippen molar-refractivity contribution in [1.29, 1.82) is 0 Å². The van der Waals surface area contributed by atoms with Gasteiger partial charge in [-0.3, -0.25) is 14.9 Å². The maximum atomic E-state index is 12.7. The summed E-state index contributed by atoms with van der Waals surface area (Å²) < 4.78 is 5.81. The molecule has 0 fully saturated rings. The largest absolute Gasteiger partial charge is 0.452 e. The first-order valence-electron chi connectivity index (χ1n) is 7.91. The monoisotopic (exact) mass is 478 g/mol. The third-order valence-electron chi connectivity index (χ3n) is 3.56. The molecule has 0 aliphatic heterocycles. The number of esters is 1. The molecule has 6 nitrogen and oxygen atoms in total. The van der Waals surface area contributed by atoms with Crippen LogP contribution in [0.4, 0.5) is 5.13 Å². The molecule has 0 aliphatic rings. The van der Waals surface area contributed by atoms with Crippen LogP contribution in [0.3, 0.4) is 0 Å². The highest BCUT2D eigenvalue weighted by molar-refractivity contribution is 9.11. The van der Waals surface area contributed by atoms with Crippen LogP contribution in [0.5, 0.6) is 0 Å². The van der Waals surface area contributed by atoms with Gasteiger partial charge >= 0.3 is 5.97 Å². The van der Waals surface area contributed by atoms with Crippen molar-refractivity contribution in [3.63, 3.8) is 0 Å². The second kappa shape index (κ2) is 9.09. The van der Waals surface area contributed by atoms with Crippen molar-refractivity contribution in [3.05, 3.63) is 80.2 Å². The number of hydrogen-bond acceptors (Lipinski definition) is 6. The van der Waals surface area contributed by atoms with E-state index in [1.165, 1.54) is 23.5 Å². The van der Waals surface area contributed by atoms with E-state index in [-0.39, 0.29) is 16.9 Å². The topological polar surface area (TPSA) is 85.4 Å². The number of anilines is 1. The van der Waals surface area contributed by atoms with Gasteiger partial charge < -0.3 is 4.74 Å². The van der Waals surface area contributed by atoms with Gasteiger partial charge in [0.2, 0.25) is 0 Å². The molecule has 1 amide bonds. The summed E-state index contributed by atoms with van der Waals surface area (Å²) >= 11 is 10.3. The van der Waals surface area contributed by atoms with Gasteiger partial charge in [-0.25, -0.2) is 9.78 Å². The second-order valence-electron chi connectivity index (χ2n) is 5.48. The summed E-state index contributed by atoms with van der Waals surface area (Å²) in [7, 11) is 0. The summed E-state index contributed by atoms with van der Waals surface area (Å²) in [5.74, 6) is -1.65. The summed E-state index contributed by atoms with van der Waals surface area (Å²) in [5, 5.41) is 3.40. The minimum Gasteiger partial charge on any atom is -0.452 e. The molecule has 0 radical (unpaired) electrons. The number of ether oxygens (including phenoxy) is 1. The number of halogens is 2. The van der Waals surface area contributed by atoms with E-state index in [4.69, 9.17) is 16.3 Å². The summed E-state index contributed by atoms with van der Waals surface area (Å²) in [4.78, 5) is 41.0. The number of ketones is 1. The molecule has 0 bridgehead atoms. The van der Waals surface area contributed by atoms with Crippen molar-refractivity contribution in [2.75, 3.05) is 11.9 Å². The summed E-state index contributed by atoms with van der Waals surface area (Å²) in [6.07, 6.45) is 1.55. The first-order chi connectivity index (χ1) is 13.4. The first-order valence-corrected chi connectivity index (χ1v) is 9.90. The highest BCUT2D eigenvalue weighted by atomic mass is 79.9. The van der Waals surface area contributed by atoms with Crippen LogP contribution in [0.15, 0.2) is 58.5 Å². The molecule has 1 heterocycles. The van der Waals surface area contributed by atoms with E-state index in [1.54, 1.807) is 42.6 Å². The molecule has 3 aromatic rings. The van der Waals surface area contributed by atoms with Crippen LogP contribution in [0.25, 0.3) is 0 Å². The number of nitrogens with zero attached hydrogens (tertiary/aromatic N) is 1. The third kappa shape index (κ3) is 5.03. The zero-order valence-electron chi connectivity index (χ0n) is 14.1. The van der Waals surface area contributed by atoms with Crippen molar-refractivity contribution in [1.82, 2.24) is 4.98 Å². The molecule has 28 heavy (non-hydrogen) atoms. The smallest absolute Gasteiger partial charge is 0.339 e. The summed E-state index contributed by atoms with van der Waals surface area (Å²) in [6.45, 7) is -0.500. The Morgan fingerprint density at radius 2 is 1.75 bits per heavy atom. The third-order valence-corrected chi connectivity index (χ3v) is 5.20. The summed E-state index contributed by atoms with van der Waals surface area (Å²) in [5.41, 5.74) is 0.642. The van der Waals surface area contributed by atoms with Crippen LogP contribution >= 0.6 is 38.9 Å². The molecule has 0 saturated heterocycles. The fraction of sp³-hybridized carbons (Fsp3) is 0.0526. The number of aromatic nitrogens is 1. The molecule has 3 rings (SSSR count). The van der Waals surface area contributed by atoms with Gasteiger partial charge in [-0.2, -0.15) is 0 Å². The van der Waals surface area contributed by atoms with E-state index >= 15 is 0 Å². The predicted octanol–water partition coefficient (Wildman–Crippen LogP) is 4.59. The van der Waals surface area contributed by atoms with Gasteiger partial charge in [0.05, 0.1) is 15.5 Å². The lowest BCUT2D eigenvalue weighted by atomic mass is 9.98. The van der Waals surface area contributed by atoms with E-state index in [2.05, 4.69) is 26.2 Å². The van der Waals surface area contributed by atoms with Gasteiger partial charge in [0, 0.05) is 16.1 Å². The number of thiazole rings is 1. The average molecular weight is 480 g/mol. The number of amides is 1. The minimum absolute atomic E-state index is 0.0762. The fourth-order valence-corrected chi connectivity index (χ4v) is 3.54. The van der Waals surface area contributed by atoms with Crippen LogP contribution < -0.4 is 5.32 Å². The van der Waals surface area contributed by atoms with Gasteiger partial charge in [-0.1, -0.05) is 41.1 Å². The number of rotatable bonds is 6. The number of hydrogen-bond donors (Lipinski definition) is 1. The number of carbonyl (C=O) groups is 3. The van der Waals surface area contributed by atoms with Crippen LogP contribution in [-0.2, 0) is 9.53 Å². The lowest BCUT2D eigenvalue weighted by molar-refractivity contribution is -0.119. The molecular weight excluding hydrogens is 468 g/mol. The van der Waals surface area contributed by atoms with Crippen molar-refractivity contribution >= 4 is 61.7 Å². The highest BCUT2D eigenvalue weighted by Crippen LogP contribution is 2.23. The zero-order valence-corrected chi connectivity index (χ0v) is 17.3. The van der Waals surface area contributed by atoms with Crippen molar-refractivity contribution in [2.24, 2.45) is 0 Å². The zero-order chi connectivity index (χ0) is 20.1. The molecule has 9 heteroatoms. The molecule has 0 spiro atoms. The Morgan fingerprint density at radius 1 is 1.07 bits per heavy atom. The Balaban J connectivity index is 1.69. The van der Waals surface area contributed by atoms with E-state index in [0.717, 1.165) is 3.79 Å². The molecular formula is C19H12BrClN2O4S. The van der Waals surface area contributed by atoms with Gasteiger partial charge in [0.25, 0.3) is 5.91 Å². The molecule has 0 unspecified atom stereocenters. The van der Waals surface area contributed by atoms with E-state index in [1.807, 2.05) is 0 Å². The van der Waals surface area contributed by atoms with Crippen LogP contribution in [0, 0.1) is 0 Å². The van der Waals surface area contributed by atoms with E-state index in [9.17, 15) is 14.4 Å². The SMILES string of the molecule is O=C(COC(=O)c1ccccc1C(=O)c1ccc(Cl)cc1)Nc1ncc(Br)s1. The first kappa shape index (κ1) is 20.2. The predicted molar refractivity (Wildman–Crippen MR) is 110 cm³/mol. The van der Waals surface area contributed by atoms with Gasteiger partial charge in [-0.15, -0.1) is 0 Å². The Hall–Kier alpha value is -2.55. The molecule has 142 valence electrons. The van der Waals surface area contributed by atoms with Crippen LogP contribution in [0.1, 0.15) is 26.3 Å². The highest BCUT2D eigenvalue weighted by Gasteiger charge is 2.20. The second-order valence-corrected chi connectivity index (χ2v) is 8.32. The molecule has 1 aromatic heterocycles. The number of nitrogens with one attached hydrogen (secondary N) is 1. The van der Waals surface area contributed by atoms with Gasteiger partial charge in [-0.05, 0) is 46.3 Å². The maximum Gasteiger partial charge on any atom is 0.339 e. The Labute approximate surface area is 177 Å². The minimum atomic E-state index is -0.770. The average Bonchev–Trinajstić information content (AvgIpc) is 3.10. The molecule has 0 saturated carbocycles. The maximum absolute atomic E-state index is 12.7. The van der Waals surface area contributed by atoms with Crippen molar-refractivity contribution in [2.45, 2.75) is 0 Å². The van der Waals surface area contributed by atoms with Crippen LogP contribution in [0.2, 0.25) is 5.02 Å². The standard InChI is InChI=1S/C19H12BrClN2O4S/c20-15-9-22-19(28-15)23-16(24)10-27-18(26)14-4-2-1-3-13(14)17(25)11-5-7-12(21)8-6-11/h1-9H,10H2,(H,22,23,24). The molecule has 2 aromatic carbocycles. The Morgan fingerprint density at radius 3 is 2.39 bits per heavy atom.